The maximum atomic E-state index is 13.6. The smallest absolute Gasteiger partial charge is 0.256 e. The topological polar surface area (TPSA) is 32.3 Å². The minimum absolute atomic E-state index is 0.0865. The molecule has 2 aromatic carbocycles. The van der Waals surface area contributed by atoms with E-state index in [4.69, 9.17) is 0 Å². The van der Waals surface area contributed by atoms with Crippen LogP contribution in [0, 0.1) is 5.92 Å². The van der Waals surface area contributed by atoms with Crippen molar-refractivity contribution in [3.8, 4) is 0 Å². The summed E-state index contributed by atoms with van der Waals surface area (Å²) in [5, 5.41) is 4.84. The molecule has 2 heterocycles. The van der Waals surface area contributed by atoms with Crippen LogP contribution in [0.2, 0.25) is 0 Å². The molecule has 2 aromatic rings. The maximum Gasteiger partial charge on any atom is 0.256 e. The standard InChI is InChI=1S/C18H18F2N2O/c1-11-9-22(6-5-18(11,19)20)10-12-7-13-3-2-4-15-16(13)14(8-12)17(23)21-15/h2-4,7-8,11H,5-6,9-10H2,1H3,(H,21,23)/t11-/m1/s1. The van der Waals surface area contributed by atoms with Gasteiger partial charge in [-0.2, -0.15) is 0 Å². The van der Waals surface area contributed by atoms with Gasteiger partial charge in [0.05, 0.1) is 0 Å². The van der Waals surface area contributed by atoms with E-state index < -0.39 is 11.8 Å². The van der Waals surface area contributed by atoms with Crippen LogP contribution in [0.3, 0.4) is 0 Å². The van der Waals surface area contributed by atoms with E-state index in [1.54, 1.807) is 6.92 Å². The Labute approximate surface area is 133 Å². The van der Waals surface area contributed by atoms with Crippen LogP contribution < -0.4 is 5.32 Å². The number of nitrogens with one attached hydrogen (secondary N) is 1. The normalized spacial score (nSPS) is 23.3. The van der Waals surface area contributed by atoms with Crippen molar-refractivity contribution in [2.24, 2.45) is 5.92 Å². The van der Waals surface area contributed by atoms with Crippen molar-refractivity contribution in [1.29, 1.82) is 0 Å². The van der Waals surface area contributed by atoms with Crippen molar-refractivity contribution in [3.63, 3.8) is 0 Å². The van der Waals surface area contributed by atoms with Gasteiger partial charge >= 0.3 is 0 Å². The minimum atomic E-state index is -2.57. The molecule has 5 heteroatoms. The summed E-state index contributed by atoms with van der Waals surface area (Å²) in [6.07, 6.45) is -0.0980. The van der Waals surface area contributed by atoms with E-state index in [1.165, 1.54) is 0 Å². The summed E-state index contributed by atoms with van der Waals surface area (Å²) >= 11 is 0. The molecule has 0 aromatic heterocycles. The average Bonchev–Trinajstić information content (AvgIpc) is 2.82. The van der Waals surface area contributed by atoms with Crippen LogP contribution in [-0.4, -0.2) is 29.8 Å². The van der Waals surface area contributed by atoms with Gasteiger partial charge in [-0.3, -0.25) is 9.69 Å². The Morgan fingerprint density at radius 2 is 2.17 bits per heavy atom. The summed E-state index contributed by atoms with van der Waals surface area (Å²) < 4.78 is 27.2. The molecule has 0 aliphatic carbocycles. The van der Waals surface area contributed by atoms with Gasteiger partial charge in [0.1, 0.15) is 0 Å². The lowest BCUT2D eigenvalue weighted by Crippen LogP contribution is -2.45. The molecule has 0 bridgehead atoms. The number of anilines is 1. The summed E-state index contributed by atoms with van der Waals surface area (Å²) in [4.78, 5) is 14.2. The lowest BCUT2D eigenvalue weighted by molar-refractivity contribution is -0.100. The lowest BCUT2D eigenvalue weighted by Gasteiger charge is -2.36. The van der Waals surface area contributed by atoms with Crippen LogP contribution in [0.4, 0.5) is 14.5 Å². The zero-order valence-electron chi connectivity index (χ0n) is 12.9. The van der Waals surface area contributed by atoms with Gasteiger partial charge in [-0.1, -0.05) is 19.1 Å². The molecule has 1 N–H and O–H groups in total. The zero-order chi connectivity index (χ0) is 16.2. The van der Waals surface area contributed by atoms with Crippen molar-refractivity contribution in [2.75, 3.05) is 18.4 Å². The van der Waals surface area contributed by atoms with E-state index in [0.29, 0.717) is 25.2 Å². The third-order valence-corrected chi connectivity index (χ3v) is 4.95. The number of nitrogens with zero attached hydrogens (tertiary/aromatic N) is 1. The third-order valence-electron chi connectivity index (χ3n) is 4.95. The highest BCUT2D eigenvalue weighted by atomic mass is 19.3. The van der Waals surface area contributed by atoms with E-state index in [1.807, 2.05) is 29.2 Å². The minimum Gasteiger partial charge on any atom is -0.321 e. The van der Waals surface area contributed by atoms with Crippen molar-refractivity contribution >= 4 is 22.4 Å². The molecule has 2 aliphatic rings. The molecule has 3 nitrogen and oxygen atoms in total. The van der Waals surface area contributed by atoms with E-state index in [-0.39, 0.29) is 12.3 Å². The largest absolute Gasteiger partial charge is 0.321 e. The first-order chi connectivity index (χ1) is 10.9. The highest BCUT2D eigenvalue weighted by Gasteiger charge is 2.40. The van der Waals surface area contributed by atoms with Crippen molar-refractivity contribution in [2.45, 2.75) is 25.8 Å². The van der Waals surface area contributed by atoms with Crippen molar-refractivity contribution < 1.29 is 13.6 Å². The lowest BCUT2D eigenvalue weighted by atomic mass is 9.94. The van der Waals surface area contributed by atoms with Crippen LogP contribution >= 0.6 is 0 Å². The number of piperidine rings is 1. The van der Waals surface area contributed by atoms with E-state index in [9.17, 15) is 13.6 Å². The number of hydrogen-bond acceptors (Lipinski definition) is 2. The second-order valence-corrected chi connectivity index (χ2v) is 6.65. The number of alkyl halides is 2. The molecular formula is C18H18F2N2O. The first-order valence-electron chi connectivity index (χ1n) is 7.91. The number of likely N-dealkylation sites (tertiary alicyclic amines) is 1. The van der Waals surface area contributed by atoms with Crippen molar-refractivity contribution in [1.82, 2.24) is 4.90 Å². The van der Waals surface area contributed by atoms with Gasteiger partial charge in [-0.05, 0) is 29.1 Å². The maximum absolute atomic E-state index is 13.6. The Morgan fingerprint density at radius 1 is 1.35 bits per heavy atom. The number of halogens is 2. The Balaban J connectivity index is 1.63. The van der Waals surface area contributed by atoms with Gasteiger partial charge < -0.3 is 5.32 Å². The molecule has 1 atom stereocenters. The van der Waals surface area contributed by atoms with Crippen LogP contribution in [0.1, 0.15) is 29.3 Å². The second kappa shape index (κ2) is 4.99. The molecule has 0 radical (unpaired) electrons. The van der Waals surface area contributed by atoms with Crippen LogP contribution in [0.25, 0.3) is 10.8 Å². The summed E-state index contributed by atoms with van der Waals surface area (Å²) in [5.41, 5.74) is 2.53. The second-order valence-electron chi connectivity index (χ2n) is 6.65. The highest BCUT2D eigenvalue weighted by molar-refractivity contribution is 6.24. The van der Waals surface area contributed by atoms with Gasteiger partial charge in [0.2, 0.25) is 0 Å². The first-order valence-corrected chi connectivity index (χ1v) is 7.91. The Hall–Kier alpha value is -2.01. The molecule has 1 amide bonds. The molecule has 1 fully saturated rings. The van der Waals surface area contributed by atoms with Crippen LogP contribution in [0.5, 0.6) is 0 Å². The number of rotatable bonds is 2. The number of amides is 1. The van der Waals surface area contributed by atoms with E-state index >= 15 is 0 Å². The summed E-state index contributed by atoms with van der Waals surface area (Å²) in [7, 11) is 0. The van der Waals surface area contributed by atoms with Gasteiger partial charge in [-0.15, -0.1) is 0 Å². The predicted molar refractivity (Wildman–Crippen MR) is 85.9 cm³/mol. The highest BCUT2D eigenvalue weighted by Crippen LogP contribution is 2.36. The number of carbonyl (C=O) groups excluding carboxylic acids is 1. The molecule has 0 saturated carbocycles. The summed E-state index contributed by atoms with van der Waals surface area (Å²) in [5.74, 6) is -3.29. The summed E-state index contributed by atoms with van der Waals surface area (Å²) in [6.45, 7) is 2.97. The van der Waals surface area contributed by atoms with Gasteiger partial charge in [-0.25, -0.2) is 8.78 Å². The van der Waals surface area contributed by atoms with Crippen molar-refractivity contribution in [3.05, 3.63) is 41.5 Å². The third kappa shape index (κ3) is 2.39. The van der Waals surface area contributed by atoms with Crippen LogP contribution in [0.15, 0.2) is 30.3 Å². The average molecular weight is 316 g/mol. The van der Waals surface area contributed by atoms with Gasteiger partial charge in [0.15, 0.2) is 0 Å². The molecule has 1 saturated heterocycles. The van der Waals surface area contributed by atoms with Crippen LogP contribution in [-0.2, 0) is 6.54 Å². The Bertz CT molecular complexity index is 803. The quantitative estimate of drug-likeness (QED) is 0.912. The molecule has 120 valence electrons. The molecule has 0 unspecified atom stereocenters. The fraction of sp³-hybridized carbons (Fsp3) is 0.389. The monoisotopic (exact) mass is 316 g/mol. The van der Waals surface area contributed by atoms with E-state index in [2.05, 4.69) is 11.4 Å². The Morgan fingerprint density at radius 3 is 2.96 bits per heavy atom. The van der Waals surface area contributed by atoms with Gasteiger partial charge in [0.25, 0.3) is 11.8 Å². The molecule has 2 aliphatic heterocycles. The number of hydrogen-bond donors (Lipinski definition) is 1. The predicted octanol–water partition coefficient (Wildman–Crippen LogP) is 3.88. The first kappa shape index (κ1) is 14.6. The van der Waals surface area contributed by atoms with E-state index in [0.717, 1.165) is 22.0 Å². The fourth-order valence-corrected chi connectivity index (χ4v) is 3.62. The number of benzene rings is 2. The molecule has 23 heavy (non-hydrogen) atoms. The molecule has 0 spiro atoms. The summed E-state index contributed by atoms with van der Waals surface area (Å²) in [6, 6.07) is 9.75. The zero-order valence-corrected chi connectivity index (χ0v) is 12.9. The van der Waals surface area contributed by atoms with Gasteiger partial charge in [0, 0.05) is 48.6 Å². The fourth-order valence-electron chi connectivity index (χ4n) is 3.62. The molecule has 4 rings (SSSR count). The number of carbonyl (C=O) groups is 1. The Kier molecular flexibility index (Phi) is 3.17. The molecular weight excluding hydrogens is 298 g/mol. The SMILES string of the molecule is C[C@@H]1CN(Cc2cc3c4c(cccc4c2)NC3=O)CCC1(F)F.